The second-order valence-corrected chi connectivity index (χ2v) is 4.21. The predicted octanol–water partition coefficient (Wildman–Crippen LogP) is 5.13. The Balaban J connectivity index is 0.000000661. The highest BCUT2D eigenvalue weighted by Crippen LogP contribution is 2.11. The van der Waals surface area contributed by atoms with Crippen molar-refractivity contribution < 1.29 is 0 Å². The van der Waals surface area contributed by atoms with E-state index in [0.717, 1.165) is 12.8 Å². The van der Waals surface area contributed by atoms with E-state index in [4.69, 9.17) is 0 Å². The highest BCUT2D eigenvalue weighted by atomic mass is 14.1. The fraction of sp³-hybridized carbons (Fsp3) is 0.364. The van der Waals surface area contributed by atoms with E-state index in [9.17, 15) is 0 Å². The standard InChI is InChI=1S/C16H14.3C2H6/c1-2-6-14-11-12-16-8-4-3-7-15(16)10-9-13(14)5-1;3*1-2/h1-9,11H,10,12H2;3*1-2H3/b13-9-,14-11-;;;. The lowest BCUT2D eigenvalue weighted by atomic mass is 9.98. The summed E-state index contributed by atoms with van der Waals surface area (Å²) in [6, 6.07) is 17.3. The van der Waals surface area contributed by atoms with Gasteiger partial charge in [-0.1, -0.05) is 102 Å². The third-order valence-electron chi connectivity index (χ3n) is 3.20. The minimum atomic E-state index is 1.04. The quantitative estimate of drug-likeness (QED) is 0.632. The Hall–Kier alpha value is -1.82. The number of hydrogen-bond acceptors (Lipinski definition) is 0. The van der Waals surface area contributed by atoms with Crippen molar-refractivity contribution in [2.75, 3.05) is 0 Å². The maximum Gasteiger partial charge on any atom is -0.00854 e. The average Bonchev–Trinajstić information content (AvgIpc) is 2.62. The lowest BCUT2D eigenvalue weighted by molar-refractivity contribution is 1.18. The van der Waals surface area contributed by atoms with Gasteiger partial charge < -0.3 is 0 Å². The topological polar surface area (TPSA) is 0 Å². The number of fused-ring (bicyclic) bond motifs is 2. The summed E-state index contributed by atoms with van der Waals surface area (Å²) in [5.41, 5.74) is 2.90. The summed E-state index contributed by atoms with van der Waals surface area (Å²) in [7, 11) is 0. The van der Waals surface area contributed by atoms with Crippen LogP contribution < -0.4 is 10.4 Å². The zero-order valence-electron chi connectivity index (χ0n) is 15.2. The summed E-state index contributed by atoms with van der Waals surface area (Å²) >= 11 is 0. The van der Waals surface area contributed by atoms with Gasteiger partial charge in [-0.25, -0.2) is 0 Å². The molecule has 0 bridgehead atoms. The Kier molecular flexibility index (Phi) is 11.8. The van der Waals surface area contributed by atoms with E-state index >= 15 is 0 Å². The summed E-state index contributed by atoms with van der Waals surface area (Å²) < 4.78 is 0. The predicted molar refractivity (Wildman–Crippen MR) is 103 cm³/mol. The first-order chi connectivity index (χ1) is 10.9. The van der Waals surface area contributed by atoms with E-state index < -0.39 is 0 Å². The third kappa shape index (κ3) is 5.89. The lowest BCUT2D eigenvalue weighted by Gasteiger charge is -2.07. The van der Waals surface area contributed by atoms with Crippen LogP contribution in [0.2, 0.25) is 0 Å². The molecule has 0 saturated carbocycles. The van der Waals surface area contributed by atoms with Crippen LogP contribution in [0.1, 0.15) is 52.7 Å². The van der Waals surface area contributed by atoms with Crippen molar-refractivity contribution in [2.45, 2.75) is 54.4 Å². The monoisotopic (exact) mass is 296 g/mol. The van der Waals surface area contributed by atoms with Crippen LogP contribution >= 0.6 is 0 Å². The van der Waals surface area contributed by atoms with Crippen LogP contribution in [0.5, 0.6) is 0 Å². The fourth-order valence-corrected chi connectivity index (χ4v) is 2.28. The number of rotatable bonds is 0. The summed E-state index contributed by atoms with van der Waals surface area (Å²) in [5.74, 6) is 0. The normalized spacial score (nSPS) is 13.7. The number of hydrogen-bond donors (Lipinski definition) is 0. The maximum absolute atomic E-state index is 2.32. The molecular weight excluding hydrogens is 264 g/mol. The van der Waals surface area contributed by atoms with Crippen LogP contribution in [0.25, 0.3) is 12.2 Å². The van der Waals surface area contributed by atoms with Gasteiger partial charge in [-0.3, -0.25) is 0 Å². The molecule has 22 heavy (non-hydrogen) atoms. The minimum absolute atomic E-state index is 1.04. The zero-order valence-corrected chi connectivity index (χ0v) is 15.2. The van der Waals surface area contributed by atoms with E-state index in [2.05, 4.69) is 60.7 Å². The molecule has 0 unspecified atom stereocenters. The molecule has 120 valence electrons. The first kappa shape index (κ1) is 20.2. The van der Waals surface area contributed by atoms with Crippen molar-refractivity contribution in [2.24, 2.45) is 0 Å². The second kappa shape index (κ2) is 12.9. The molecule has 3 rings (SSSR count). The zero-order chi connectivity index (χ0) is 16.8. The molecule has 0 fully saturated rings. The van der Waals surface area contributed by atoms with Gasteiger partial charge in [-0.15, -0.1) is 0 Å². The van der Waals surface area contributed by atoms with Crippen LogP contribution in [0.15, 0.2) is 48.5 Å². The summed E-state index contributed by atoms with van der Waals surface area (Å²) in [6.45, 7) is 12.0. The smallest absolute Gasteiger partial charge is 0.00854 e. The molecular formula is C22H32. The molecule has 0 heterocycles. The van der Waals surface area contributed by atoms with Crippen LogP contribution in [0, 0.1) is 0 Å². The molecule has 0 radical (unpaired) electrons. The van der Waals surface area contributed by atoms with Gasteiger partial charge in [-0.2, -0.15) is 0 Å². The van der Waals surface area contributed by atoms with Crippen molar-refractivity contribution in [3.05, 3.63) is 70.1 Å². The SMILES string of the molecule is C1=c2/cccc/c2=C/Cc2ccccc2C/1.CC.CC.CC. The second-order valence-electron chi connectivity index (χ2n) is 4.21. The molecule has 0 amide bonds. The van der Waals surface area contributed by atoms with Gasteiger partial charge in [0.05, 0.1) is 0 Å². The van der Waals surface area contributed by atoms with Gasteiger partial charge in [-0.05, 0) is 34.4 Å². The molecule has 1 aliphatic rings. The van der Waals surface area contributed by atoms with E-state index in [1.54, 1.807) is 0 Å². The minimum Gasteiger partial charge on any atom is -0.0723 e. The Labute approximate surface area is 137 Å². The third-order valence-corrected chi connectivity index (χ3v) is 3.20. The fourth-order valence-electron chi connectivity index (χ4n) is 2.28. The van der Waals surface area contributed by atoms with Crippen LogP contribution in [0.3, 0.4) is 0 Å². The molecule has 2 aromatic rings. The Bertz CT molecular complexity index is 564. The van der Waals surface area contributed by atoms with E-state index in [-0.39, 0.29) is 0 Å². The maximum atomic E-state index is 2.32. The molecule has 0 aromatic heterocycles. The molecule has 0 heteroatoms. The van der Waals surface area contributed by atoms with Crippen LogP contribution in [0.4, 0.5) is 0 Å². The van der Waals surface area contributed by atoms with Crippen molar-refractivity contribution in [3.63, 3.8) is 0 Å². The molecule has 0 saturated heterocycles. The van der Waals surface area contributed by atoms with Crippen LogP contribution in [-0.4, -0.2) is 0 Å². The van der Waals surface area contributed by atoms with E-state index in [1.165, 1.54) is 21.6 Å². The Morgan fingerprint density at radius 2 is 0.818 bits per heavy atom. The van der Waals surface area contributed by atoms with Crippen molar-refractivity contribution >= 4 is 12.2 Å². The molecule has 1 aliphatic carbocycles. The van der Waals surface area contributed by atoms with Gasteiger partial charge in [0.2, 0.25) is 0 Å². The van der Waals surface area contributed by atoms with E-state index in [0.29, 0.717) is 0 Å². The largest absolute Gasteiger partial charge is 0.0723 e. The van der Waals surface area contributed by atoms with Crippen molar-refractivity contribution in [3.8, 4) is 0 Å². The van der Waals surface area contributed by atoms with Crippen LogP contribution in [-0.2, 0) is 12.8 Å². The molecule has 0 aliphatic heterocycles. The summed E-state index contributed by atoms with van der Waals surface area (Å²) in [6.07, 6.45) is 6.73. The van der Waals surface area contributed by atoms with Gasteiger partial charge in [0.15, 0.2) is 0 Å². The summed E-state index contributed by atoms with van der Waals surface area (Å²) in [5, 5.41) is 2.72. The van der Waals surface area contributed by atoms with Gasteiger partial charge in [0.25, 0.3) is 0 Å². The molecule has 2 aromatic carbocycles. The average molecular weight is 296 g/mol. The first-order valence-corrected chi connectivity index (χ1v) is 8.76. The molecule has 0 spiro atoms. The highest BCUT2D eigenvalue weighted by Gasteiger charge is 2.00. The molecule has 0 atom stereocenters. The Morgan fingerprint density at radius 3 is 1.18 bits per heavy atom. The molecule has 0 nitrogen and oxygen atoms in total. The van der Waals surface area contributed by atoms with Crippen molar-refractivity contribution in [1.82, 2.24) is 0 Å². The molecule has 0 N–H and O–H groups in total. The van der Waals surface area contributed by atoms with E-state index in [1.807, 2.05) is 41.5 Å². The van der Waals surface area contributed by atoms with Crippen molar-refractivity contribution in [1.29, 1.82) is 0 Å². The Morgan fingerprint density at radius 1 is 0.500 bits per heavy atom. The van der Waals surface area contributed by atoms with Gasteiger partial charge in [0, 0.05) is 0 Å². The highest BCUT2D eigenvalue weighted by molar-refractivity contribution is 5.45. The first-order valence-electron chi connectivity index (χ1n) is 8.76. The van der Waals surface area contributed by atoms with Gasteiger partial charge >= 0.3 is 0 Å². The van der Waals surface area contributed by atoms with Gasteiger partial charge in [0.1, 0.15) is 0 Å². The summed E-state index contributed by atoms with van der Waals surface area (Å²) in [4.78, 5) is 0. The number of benzene rings is 2. The lowest BCUT2D eigenvalue weighted by Crippen LogP contribution is -2.25.